The Hall–Kier alpha value is -4.11. The third-order valence-electron chi connectivity index (χ3n) is 7.77. The van der Waals surface area contributed by atoms with Crippen LogP contribution in [0.4, 0.5) is 21.4 Å². The highest BCUT2D eigenvalue weighted by molar-refractivity contribution is 5.71. The van der Waals surface area contributed by atoms with Gasteiger partial charge in [-0.1, -0.05) is 30.3 Å². The molecule has 0 aliphatic carbocycles. The Balaban J connectivity index is 1.39. The van der Waals surface area contributed by atoms with E-state index in [1.165, 1.54) is 0 Å². The van der Waals surface area contributed by atoms with Crippen LogP contribution in [0.5, 0.6) is 0 Å². The van der Waals surface area contributed by atoms with Gasteiger partial charge in [0, 0.05) is 31.7 Å². The lowest BCUT2D eigenvalue weighted by Gasteiger charge is -2.40. The van der Waals surface area contributed by atoms with Gasteiger partial charge in [-0.05, 0) is 39.2 Å². The molecule has 2 aromatic rings. The molecular formula is C30H39N7O5. The third-order valence-corrected chi connectivity index (χ3v) is 7.77. The van der Waals surface area contributed by atoms with Crippen LogP contribution >= 0.6 is 0 Å². The first-order valence-corrected chi connectivity index (χ1v) is 14.5. The van der Waals surface area contributed by atoms with E-state index in [2.05, 4.69) is 9.74 Å². The standard InChI is InChI=1S/C30H39N7O5/c1-30(2,3)42-28(39)35-17-24-25(18-35)32-27(36-12-8-11-22(36)19-38)33-26(24)34-13-14-37(23(16-34)15-31-4)29(40)41-20-21-9-6-5-7-10-21/h5-7,9-10,22-23,38H,8,11-20H2,1-3H3/t22-,23-/m0/s1. The van der Waals surface area contributed by atoms with E-state index < -0.39 is 23.8 Å². The molecule has 0 spiro atoms. The predicted molar refractivity (Wildman–Crippen MR) is 156 cm³/mol. The molecular weight excluding hydrogens is 538 g/mol. The summed E-state index contributed by atoms with van der Waals surface area (Å²) in [5.41, 5.74) is 1.85. The maximum Gasteiger partial charge on any atom is 0.410 e. The van der Waals surface area contributed by atoms with Crippen LogP contribution in [0.1, 0.15) is 50.4 Å². The van der Waals surface area contributed by atoms with Crippen molar-refractivity contribution < 1.29 is 24.2 Å². The van der Waals surface area contributed by atoms with Crippen molar-refractivity contribution in [2.45, 2.75) is 71.0 Å². The van der Waals surface area contributed by atoms with Gasteiger partial charge in [-0.3, -0.25) is 9.80 Å². The van der Waals surface area contributed by atoms with Crippen molar-refractivity contribution >= 4 is 24.0 Å². The molecule has 1 aromatic heterocycles. The number of benzene rings is 1. The van der Waals surface area contributed by atoms with Crippen LogP contribution in [0.3, 0.4) is 0 Å². The fraction of sp³-hybridized carbons (Fsp3) is 0.567. The topological polar surface area (TPSA) is 116 Å². The van der Waals surface area contributed by atoms with E-state index in [0.717, 1.165) is 36.2 Å². The lowest BCUT2D eigenvalue weighted by Crippen LogP contribution is -2.57. The highest BCUT2D eigenvalue weighted by atomic mass is 16.6. The summed E-state index contributed by atoms with van der Waals surface area (Å²) in [6.45, 7) is 15.9. The molecule has 0 unspecified atom stereocenters. The van der Waals surface area contributed by atoms with Crippen LogP contribution in [0, 0.1) is 6.57 Å². The van der Waals surface area contributed by atoms with Crippen LogP contribution in [-0.4, -0.2) is 94.1 Å². The summed E-state index contributed by atoms with van der Waals surface area (Å²) in [4.78, 5) is 46.9. The van der Waals surface area contributed by atoms with E-state index in [4.69, 9.17) is 26.0 Å². The first kappa shape index (κ1) is 29.4. The molecule has 224 valence electrons. The van der Waals surface area contributed by atoms with Crippen molar-refractivity contribution in [1.82, 2.24) is 19.8 Å². The minimum absolute atomic E-state index is 0.0106. The quantitative estimate of drug-likeness (QED) is 0.516. The van der Waals surface area contributed by atoms with E-state index in [0.29, 0.717) is 44.5 Å². The Kier molecular flexibility index (Phi) is 8.68. The van der Waals surface area contributed by atoms with Gasteiger partial charge in [-0.15, -0.1) is 0 Å². The van der Waals surface area contributed by atoms with Gasteiger partial charge in [0.15, 0.2) is 0 Å². The number of anilines is 2. The second-order valence-corrected chi connectivity index (χ2v) is 12.0. The number of aliphatic hydroxyl groups excluding tert-OH is 1. The molecule has 0 radical (unpaired) electrons. The number of hydrogen-bond acceptors (Lipinski definition) is 9. The van der Waals surface area contributed by atoms with Crippen molar-refractivity contribution in [3.05, 3.63) is 58.6 Å². The zero-order valence-corrected chi connectivity index (χ0v) is 24.5. The van der Waals surface area contributed by atoms with Crippen LogP contribution in [0.15, 0.2) is 30.3 Å². The van der Waals surface area contributed by atoms with Gasteiger partial charge in [-0.25, -0.2) is 21.1 Å². The molecule has 0 saturated carbocycles. The van der Waals surface area contributed by atoms with E-state index >= 15 is 0 Å². The molecule has 2 amide bonds. The second kappa shape index (κ2) is 12.4. The predicted octanol–water partition coefficient (Wildman–Crippen LogP) is 3.44. The summed E-state index contributed by atoms with van der Waals surface area (Å²) in [5.74, 6) is 1.22. The van der Waals surface area contributed by atoms with Gasteiger partial charge in [-0.2, -0.15) is 4.98 Å². The lowest BCUT2D eigenvalue weighted by molar-refractivity contribution is 0.0240. The van der Waals surface area contributed by atoms with Crippen molar-refractivity contribution in [2.75, 3.05) is 49.1 Å². The number of aliphatic hydroxyl groups is 1. The third kappa shape index (κ3) is 6.51. The number of rotatable bonds is 6. The van der Waals surface area contributed by atoms with E-state index in [1.54, 1.807) is 9.80 Å². The molecule has 3 aliphatic rings. The number of nitrogens with zero attached hydrogens (tertiary/aromatic N) is 7. The fourth-order valence-electron chi connectivity index (χ4n) is 5.71. The number of fused-ring (bicyclic) bond motifs is 1. The molecule has 12 heteroatoms. The van der Waals surface area contributed by atoms with Crippen LogP contribution < -0.4 is 9.80 Å². The summed E-state index contributed by atoms with van der Waals surface area (Å²) >= 11 is 0. The van der Waals surface area contributed by atoms with Gasteiger partial charge in [0.2, 0.25) is 12.5 Å². The van der Waals surface area contributed by atoms with Crippen LogP contribution in [0.2, 0.25) is 0 Å². The summed E-state index contributed by atoms with van der Waals surface area (Å²) in [6, 6.07) is 9.04. The molecule has 4 heterocycles. The highest BCUT2D eigenvalue weighted by Crippen LogP contribution is 2.35. The van der Waals surface area contributed by atoms with Crippen molar-refractivity contribution in [1.29, 1.82) is 0 Å². The zero-order valence-electron chi connectivity index (χ0n) is 24.5. The number of ether oxygens (including phenoxy) is 2. The maximum atomic E-state index is 13.1. The van der Waals surface area contributed by atoms with Gasteiger partial charge in [0.1, 0.15) is 24.1 Å². The van der Waals surface area contributed by atoms with E-state index in [-0.39, 0.29) is 25.8 Å². The van der Waals surface area contributed by atoms with Crippen molar-refractivity contribution in [3.63, 3.8) is 0 Å². The second-order valence-electron chi connectivity index (χ2n) is 12.0. The minimum atomic E-state index is -0.631. The Labute approximate surface area is 246 Å². The first-order chi connectivity index (χ1) is 20.2. The summed E-state index contributed by atoms with van der Waals surface area (Å²) in [5, 5.41) is 9.97. The number of amides is 2. The molecule has 1 N–H and O–H groups in total. The van der Waals surface area contributed by atoms with Gasteiger partial charge < -0.3 is 29.2 Å². The Morgan fingerprint density at radius 1 is 1.07 bits per heavy atom. The van der Waals surface area contributed by atoms with E-state index in [1.807, 2.05) is 56.0 Å². The summed E-state index contributed by atoms with van der Waals surface area (Å²) in [6.07, 6.45) is 0.925. The normalized spacial score (nSPS) is 20.4. The molecule has 3 aliphatic heterocycles. The Bertz CT molecular complexity index is 1330. The van der Waals surface area contributed by atoms with Crippen LogP contribution in [0.25, 0.3) is 4.85 Å². The first-order valence-electron chi connectivity index (χ1n) is 14.5. The van der Waals surface area contributed by atoms with Gasteiger partial charge in [0.05, 0.1) is 31.4 Å². The maximum absolute atomic E-state index is 13.1. The Morgan fingerprint density at radius 3 is 2.57 bits per heavy atom. The highest BCUT2D eigenvalue weighted by Gasteiger charge is 2.39. The smallest absolute Gasteiger partial charge is 0.410 e. The van der Waals surface area contributed by atoms with Gasteiger partial charge in [0.25, 0.3) is 0 Å². The number of carbonyl (C=O) groups is 2. The molecule has 2 saturated heterocycles. The number of aromatic nitrogens is 2. The molecule has 2 fully saturated rings. The van der Waals surface area contributed by atoms with Gasteiger partial charge >= 0.3 is 12.2 Å². The molecule has 42 heavy (non-hydrogen) atoms. The number of hydrogen-bond donors (Lipinski definition) is 1. The molecule has 2 atom stereocenters. The van der Waals surface area contributed by atoms with E-state index in [9.17, 15) is 14.7 Å². The Morgan fingerprint density at radius 2 is 1.86 bits per heavy atom. The average molecular weight is 578 g/mol. The zero-order chi connectivity index (χ0) is 29.9. The SMILES string of the molecule is [C-]#[N+]C[C@H]1CN(c2nc(N3CCC[C@H]3CO)nc3c2CN(C(=O)OC(C)(C)C)C3)CCN1C(=O)OCc1ccccc1. The molecule has 12 nitrogen and oxygen atoms in total. The average Bonchev–Trinajstić information content (AvgIpc) is 3.62. The number of piperazine rings is 1. The summed E-state index contributed by atoms with van der Waals surface area (Å²) in [7, 11) is 0. The summed E-state index contributed by atoms with van der Waals surface area (Å²) < 4.78 is 11.2. The minimum Gasteiger partial charge on any atom is -0.445 e. The van der Waals surface area contributed by atoms with Crippen LogP contribution in [-0.2, 0) is 29.2 Å². The lowest BCUT2D eigenvalue weighted by atomic mass is 10.1. The van der Waals surface area contributed by atoms with Crippen molar-refractivity contribution in [2.24, 2.45) is 0 Å². The van der Waals surface area contributed by atoms with Crippen molar-refractivity contribution in [3.8, 4) is 0 Å². The molecule has 1 aromatic carbocycles. The largest absolute Gasteiger partial charge is 0.445 e. The number of carbonyl (C=O) groups excluding carboxylic acids is 2. The molecule has 5 rings (SSSR count). The monoisotopic (exact) mass is 577 g/mol. The fourth-order valence-corrected chi connectivity index (χ4v) is 5.71. The molecule has 0 bridgehead atoms.